The predicted octanol–water partition coefficient (Wildman–Crippen LogP) is 14.3. The van der Waals surface area contributed by atoms with E-state index in [9.17, 15) is 0 Å². The number of thiophene rings is 1. The summed E-state index contributed by atoms with van der Waals surface area (Å²) in [5.41, 5.74) is 13.2. The minimum absolute atomic E-state index is 0.710. The molecule has 3 heterocycles. The summed E-state index contributed by atoms with van der Waals surface area (Å²) in [6.07, 6.45) is 0. The Morgan fingerprint density at radius 2 is 0.786 bits per heavy atom. The summed E-state index contributed by atoms with van der Waals surface area (Å²) in [5.74, 6) is 0.710. The molecule has 0 saturated heterocycles. The second-order valence-electron chi connectivity index (χ2n) is 14.2. The van der Waals surface area contributed by atoms with Crippen LogP contribution in [-0.4, -0.2) is 14.5 Å². The van der Waals surface area contributed by atoms with Crippen molar-refractivity contribution in [3.63, 3.8) is 0 Å². The number of hydrogen-bond donors (Lipinski definition) is 0. The van der Waals surface area contributed by atoms with Gasteiger partial charge in [0.2, 0.25) is 0 Å². The van der Waals surface area contributed by atoms with Crippen LogP contribution in [0.4, 0.5) is 0 Å². The van der Waals surface area contributed by atoms with Gasteiger partial charge in [-0.1, -0.05) is 152 Å². The quantitative estimate of drug-likeness (QED) is 0.170. The van der Waals surface area contributed by atoms with E-state index in [1.807, 2.05) is 29.5 Å². The molecule has 56 heavy (non-hydrogen) atoms. The van der Waals surface area contributed by atoms with Crippen LogP contribution in [0.1, 0.15) is 0 Å². The first-order valence-corrected chi connectivity index (χ1v) is 19.7. The zero-order chi connectivity index (χ0) is 37.0. The fourth-order valence-electron chi connectivity index (χ4n) is 8.04. The van der Waals surface area contributed by atoms with Crippen LogP contribution in [-0.2, 0) is 0 Å². The summed E-state index contributed by atoms with van der Waals surface area (Å²) in [5, 5.41) is 5.16. The standard InChI is InChI=1S/C52H33N3S/c1-2-10-39(11-3-1)52-53-46(33-47(54-52)38-24-20-36(21-25-38)40-28-31-51-45(32-40)44-14-6-9-17-50(44)56-51)37-22-18-34(19-23-37)35-26-29-41(30-27-35)55-48-15-7-4-12-42(48)43-13-5-8-16-49(43)55/h1-33H. The van der Waals surface area contributed by atoms with Crippen molar-refractivity contribution >= 4 is 53.3 Å². The van der Waals surface area contributed by atoms with Crippen LogP contribution in [0.25, 0.3) is 104 Å². The highest BCUT2D eigenvalue weighted by molar-refractivity contribution is 7.25. The maximum Gasteiger partial charge on any atom is 0.160 e. The van der Waals surface area contributed by atoms with Crippen LogP contribution in [0.3, 0.4) is 0 Å². The second-order valence-corrected chi connectivity index (χ2v) is 15.3. The van der Waals surface area contributed by atoms with Crippen molar-refractivity contribution in [3.8, 4) is 61.8 Å². The smallest absolute Gasteiger partial charge is 0.160 e. The Balaban J connectivity index is 0.917. The fourth-order valence-corrected chi connectivity index (χ4v) is 9.12. The van der Waals surface area contributed by atoms with Gasteiger partial charge in [-0.2, -0.15) is 0 Å². The Hall–Kier alpha value is -7.14. The van der Waals surface area contributed by atoms with Gasteiger partial charge in [0.05, 0.1) is 22.4 Å². The minimum Gasteiger partial charge on any atom is -0.309 e. The largest absolute Gasteiger partial charge is 0.309 e. The monoisotopic (exact) mass is 731 g/mol. The maximum absolute atomic E-state index is 5.09. The predicted molar refractivity (Wildman–Crippen MR) is 236 cm³/mol. The molecule has 0 atom stereocenters. The molecule has 3 aromatic heterocycles. The lowest BCUT2D eigenvalue weighted by atomic mass is 9.99. The van der Waals surface area contributed by atoms with Crippen molar-refractivity contribution in [3.05, 3.63) is 200 Å². The third-order valence-corrected chi connectivity index (χ3v) is 12.0. The number of rotatable bonds is 6. The van der Waals surface area contributed by atoms with Gasteiger partial charge in [0, 0.05) is 53.3 Å². The third kappa shape index (κ3) is 5.58. The molecule has 0 spiro atoms. The van der Waals surface area contributed by atoms with E-state index in [2.05, 4.69) is 187 Å². The van der Waals surface area contributed by atoms with E-state index in [0.29, 0.717) is 5.82 Å². The molecule has 0 amide bonds. The topological polar surface area (TPSA) is 30.7 Å². The van der Waals surface area contributed by atoms with Gasteiger partial charge >= 0.3 is 0 Å². The van der Waals surface area contributed by atoms with Gasteiger partial charge in [-0.15, -0.1) is 11.3 Å². The molecule has 0 aliphatic heterocycles. The van der Waals surface area contributed by atoms with Crippen LogP contribution in [0, 0.1) is 0 Å². The molecular formula is C52H33N3S. The first kappa shape index (κ1) is 32.3. The van der Waals surface area contributed by atoms with E-state index in [1.165, 1.54) is 58.7 Å². The van der Waals surface area contributed by atoms with Crippen LogP contribution < -0.4 is 0 Å². The molecule has 0 N–H and O–H groups in total. The van der Waals surface area contributed by atoms with E-state index in [0.717, 1.165) is 39.3 Å². The minimum atomic E-state index is 0.710. The molecule has 3 nitrogen and oxygen atoms in total. The lowest BCUT2D eigenvalue weighted by Crippen LogP contribution is -1.96. The summed E-state index contributed by atoms with van der Waals surface area (Å²) >= 11 is 1.85. The van der Waals surface area contributed by atoms with Gasteiger partial charge in [0.25, 0.3) is 0 Å². The Kier molecular flexibility index (Phi) is 7.68. The molecule has 11 aromatic rings. The zero-order valence-corrected chi connectivity index (χ0v) is 31.1. The van der Waals surface area contributed by atoms with Crippen LogP contribution in [0.2, 0.25) is 0 Å². The molecule has 0 fully saturated rings. The molecule has 262 valence electrons. The molecular weight excluding hydrogens is 699 g/mol. The zero-order valence-electron chi connectivity index (χ0n) is 30.3. The summed E-state index contributed by atoms with van der Waals surface area (Å²) in [6, 6.07) is 71.4. The molecule has 0 saturated carbocycles. The first-order chi connectivity index (χ1) is 27.7. The SMILES string of the molecule is c1ccc(-c2nc(-c3ccc(-c4ccc(-n5c6ccccc6c6ccccc65)cc4)cc3)cc(-c3ccc(-c4ccc5sc6ccccc6c5c4)cc3)n2)cc1. The molecule has 0 aliphatic carbocycles. The Morgan fingerprint density at radius 1 is 0.321 bits per heavy atom. The second kappa shape index (κ2) is 13.3. The highest BCUT2D eigenvalue weighted by Crippen LogP contribution is 2.38. The van der Waals surface area contributed by atoms with E-state index >= 15 is 0 Å². The number of aromatic nitrogens is 3. The lowest BCUT2D eigenvalue weighted by Gasteiger charge is -2.11. The highest BCUT2D eigenvalue weighted by atomic mass is 32.1. The molecule has 0 unspecified atom stereocenters. The number of fused-ring (bicyclic) bond motifs is 6. The van der Waals surface area contributed by atoms with E-state index in [-0.39, 0.29) is 0 Å². The average Bonchev–Trinajstić information content (AvgIpc) is 3.82. The van der Waals surface area contributed by atoms with Crippen LogP contribution in [0.15, 0.2) is 200 Å². The Morgan fingerprint density at radius 3 is 1.41 bits per heavy atom. The normalized spacial score (nSPS) is 11.6. The van der Waals surface area contributed by atoms with Gasteiger partial charge in [-0.3, -0.25) is 0 Å². The van der Waals surface area contributed by atoms with Crippen molar-refractivity contribution < 1.29 is 0 Å². The Bertz CT molecular complexity index is 3160. The van der Waals surface area contributed by atoms with Crippen LogP contribution in [0.5, 0.6) is 0 Å². The average molecular weight is 732 g/mol. The van der Waals surface area contributed by atoms with Gasteiger partial charge < -0.3 is 4.57 Å². The first-order valence-electron chi connectivity index (χ1n) is 18.9. The fraction of sp³-hybridized carbons (Fsp3) is 0. The number of benzene rings is 8. The molecule has 0 radical (unpaired) electrons. The van der Waals surface area contributed by atoms with E-state index in [1.54, 1.807) is 0 Å². The van der Waals surface area contributed by atoms with Crippen LogP contribution >= 0.6 is 11.3 Å². The molecule has 4 heteroatoms. The maximum atomic E-state index is 5.09. The summed E-state index contributed by atoms with van der Waals surface area (Å²) in [6.45, 7) is 0. The molecule has 8 aromatic carbocycles. The molecule has 11 rings (SSSR count). The van der Waals surface area contributed by atoms with Gasteiger partial charge in [-0.25, -0.2) is 9.97 Å². The van der Waals surface area contributed by atoms with Crippen molar-refractivity contribution in [2.75, 3.05) is 0 Å². The molecule has 0 aliphatic rings. The highest BCUT2D eigenvalue weighted by Gasteiger charge is 2.14. The van der Waals surface area contributed by atoms with Gasteiger partial charge in [0.1, 0.15) is 0 Å². The Labute approximate surface area is 328 Å². The summed E-state index contributed by atoms with van der Waals surface area (Å²) in [4.78, 5) is 10.2. The summed E-state index contributed by atoms with van der Waals surface area (Å²) in [7, 11) is 0. The summed E-state index contributed by atoms with van der Waals surface area (Å²) < 4.78 is 4.99. The van der Waals surface area contributed by atoms with E-state index < -0.39 is 0 Å². The van der Waals surface area contributed by atoms with Crippen molar-refractivity contribution in [2.45, 2.75) is 0 Å². The van der Waals surface area contributed by atoms with Crippen molar-refractivity contribution in [1.29, 1.82) is 0 Å². The van der Waals surface area contributed by atoms with Gasteiger partial charge in [-0.05, 0) is 70.8 Å². The lowest BCUT2D eigenvalue weighted by molar-refractivity contribution is 1.18. The van der Waals surface area contributed by atoms with Crippen molar-refractivity contribution in [1.82, 2.24) is 14.5 Å². The van der Waals surface area contributed by atoms with E-state index in [4.69, 9.17) is 9.97 Å². The van der Waals surface area contributed by atoms with Gasteiger partial charge in [0.15, 0.2) is 5.82 Å². The number of hydrogen-bond acceptors (Lipinski definition) is 3. The molecule has 0 bridgehead atoms. The van der Waals surface area contributed by atoms with Crippen molar-refractivity contribution in [2.24, 2.45) is 0 Å². The number of nitrogens with zero attached hydrogens (tertiary/aromatic N) is 3. The third-order valence-electron chi connectivity index (χ3n) is 10.9. The number of para-hydroxylation sites is 2.